The zero-order valence-corrected chi connectivity index (χ0v) is 12.3. The summed E-state index contributed by atoms with van der Waals surface area (Å²) in [5, 5.41) is 18.1. The Morgan fingerprint density at radius 1 is 1.43 bits per heavy atom. The number of rotatable bonds is 6. The summed E-state index contributed by atoms with van der Waals surface area (Å²) >= 11 is 0. The fourth-order valence-electron chi connectivity index (χ4n) is 2.21. The number of sulfonamides is 1. The molecule has 1 aromatic carbocycles. The molecule has 0 unspecified atom stereocenters. The summed E-state index contributed by atoms with van der Waals surface area (Å²) < 4.78 is 32.1. The number of aliphatic hydroxyl groups excluding tert-OH is 1. The molecular weight excluding hydrogens is 298 g/mol. The number of hydrogen-bond acceptors (Lipinski definition) is 5. The number of carboxylic acid groups (broad SMARTS) is 1. The fraction of sp³-hybridized carbons (Fsp3) is 0.462. The second kappa shape index (κ2) is 6.00. The maximum absolute atomic E-state index is 12.3. The summed E-state index contributed by atoms with van der Waals surface area (Å²) in [6.07, 6.45) is -0.166. The van der Waals surface area contributed by atoms with Crippen molar-refractivity contribution in [2.75, 3.05) is 7.11 Å². The molecule has 0 amide bonds. The molecule has 2 rings (SSSR count). The van der Waals surface area contributed by atoms with Gasteiger partial charge in [-0.05, 0) is 36.6 Å². The normalized spacial score (nSPS) is 21.6. The highest BCUT2D eigenvalue weighted by atomic mass is 32.2. The summed E-state index contributed by atoms with van der Waals surface area (Å²) in [6.45, 7) is 0. The Kier molecular flexibility index (Phi) is 4.50. The van der Waals surface area contributed by atoms with E-state index in [1.54, 1.807) is 0 Å². The molecule has 0 heterocycles. The molecule has 1 aliphatic carbocycles. The third-order valence-electron chi connectivity index (χ3n) is 3.33. The number of hydrogen-bond donors (Lipinski definition) is 3. The van der Waals surface area contributed by atoms with E-state index in [9.17, 15) is 18.3 Å². The van der Waals surface area contributed by atoms with E-state index in [1.165, 1.54) is 25.3 Å². The van der Waals surface area contributed by atoms with E-state index in [-0.39, 0.29) is 16.5 Å². The van der Waals surface area contributed by atoms with Gasteiger partial charge in [0.25, 0.3) is 0 Å². The lowest BCUT2D eigenvalue weighted by Crippen LogP contribution is -2.46. The average Bonchev–Trinajstić information content (AvgIpc) is 2.35. The molecule has 1 aromatic rings. The van der Waals surface area contributed by atoms with Crippen LogP contribution in [-0.4, -0.2) is 43.9 Å². The first-order chi connectivity index (χ1) is 9.81. The van der Waals surface area contributed by atoms with Gasteiger partial charge < -0.3 is 14.9 Å². The molecule has 0 aliphatic heterocycles. The van der Waals surface area contributed by atoms with Crippen LogP contribution in [0.5, 0.6) is 5.75 Å². The van der Waals surface area contributed by atoms with Crippen LogP contribution in [0.25, 0.3) is 0 Å². The van der Waals surface area contributed by atoms with Gasteiger partial charge in [-0.1, -0.05) is 0 Å². The Morgan fingerprint density at radius 3 is 2.62 bits per heavy atom. The van der Waals surface area contributed by atoms with Gasteiger partial charge in [0.1, 0.15) is 5.75 Å². The number of carbonyl (C=O) groups is 1. The van der Waals surface area contributed by atoms with Crippen molar-refractivity contribution < 1.29 is 28.2 Å². The van der Waals surface area contributed by atoms with Crippen LogP contribution >= 0.6 is 0 Å². The molecule has 1 saturated carbocycles. The van der Waals surface area contributed by atoms with Crippen molar-refractivity contribution in [2.45, 2.75) is 36.3 Å². The maximum atomic E-state index is 12.3. The molecule has 8 heteroatoms. The highest BCUT2D eigenvalue weighted by Crippen LogP contribution is 2.26. The van der Waals surface area contributed by atoms with Crippen LogP contribution in [0.2, 0.25) is 0 Å². The van der Waals surface area contributed by atoms with Crippen LogP contribution in [0.4, 0.5) is 0 Å². The number of aliphatic carboxylic acids is 1. The molecule has 0 atom stereocenters. The van der Waals surface area contributed by atoms with Gasteiger partial charge in [-0.15, -0.1) is 0 Å². The number of aliphatic hydroxyl groups is 1. The highest BCUT2D eigenvalue weighted by molar-refractivity contribution is 7.89. The first-order valence-corrected chi connectivity index (χ1v) is 7.89. The van der Waals surface area contributed by atoms with E-state index >= 15 is 0 Å². The van der Waals surface area contributed by atoms with E-state index in [1.807, 2.05) is 0 Å². The van der Waals surface area contributed by atoms with Crippen LogP contribution in [0.1, 0.15) is 18.4 Å². The topological polar surface area (TPSA) is 113 Å². The van der Waals surface area contributed by atoms with Crippen molar-refractivity contribution in [3.05, 3.63) is 23.8 Å². The number of methoxy groups -OCH3 is 1. The SMILES string of the molecule is COc1ccc(S(=O)(=O)NC2CC(O)C2)c(CC(=O)O)c1. The fourth-order valence-corrected chi connectivity index (χ4v) is 3.69. The summed E-state index contributed by atoms with van der Waals surface area (Å²) in [6, 6.07) is 3.88. The monoisotopic (exact) mass is 315 g/mol. The predicted octanol–water partition coefficient (Wildman–Crippen LogP) is 0.124. The third kappa shape index (κ3) is 3.72. The van der Waals surface area contributed by atoms with Crippen LogP contribution in [0, 0.1) is 0 Å². The molecule has 21 heavy (non-hydrogen) atoms. The lowest BCUT2D eigenvalue weighted by atomic mass is 9.91. The summed E-state index contributed by atoms with van der Waals surface area (Å²) in [4.78, 5) is 10.8. The smallest absolute Gasteiger partial charge is 0.307 e. The van der Waals surface area contributed by atoms with Crippen LogP contribution in [0.15, 0.2) is 23.1 Å². The lowest BCUT2D eigenvalue weighted by molar-refractivity contribution is -0.136. The molecule has 116 valence electrons. The molecule has 3 N–H and O–H groups in total. The Hall–Kier alpha value is -1.64. The highest BCUT2D eigenvalue weighted by Gasteiger charge is 2.32. The number of nitrogens with one attached hydrogen (secondary N) is 1. The van der Waals surface area contributed by atoms with Gasteiger partial charge in [0.05, 0.1) is 24.5 Å². The van der Waals surface area contributed by atoms with Crippen molar-refractivity contribution in [2.24, 2.45) is 0 Å². The largest absolute Gasteiger partial charge is 0.497 e. The Balaban J connectivity index is 2.30. The number of ether oxygens (including phenoxy) is 1. The molecule has 0 radical (unpaired) electrons. The second-order valence-electron chi connectivity index (χ2n) is 4.99. The first kappa shape index (κ1) is 15.7. The molecular formula is C13H17NO6S. The quantitative estimate of drug-likeness (QED) is 0.687. The standard InChI is InChI=1S/C13H17NO6S/c1-20-11-2-3-12(8(4-11)5-13(16)17)21(18,19)14-9-6-10(15)7-9/h2-4,9-10,14-15H,5-7H2,1H3,(H,16,17). The van der Waals surface area contributed by atoms with Crippen LogP contribution in [-0.2, 0) is 21.2 Å². The van der Waals surface area contributed by atoms with Crippen molar-refractivity contribution in [3.63, 3.8) is 0 Å². The van der Waals surface area contributed by atoms with E-state index in [0.29, 0.717) is 18.6 Å². The van der Waals surface area contributed by atoms with Crippen molar-refractivity contribution in [1.29, 1.82) is 0 Å². The molecule has 7 nitrogen and oxygen atoms in total. The summed E-state index contributed by atoms with van der Waals surface area (Å²) in [5.41, 5.74) is 0.161. The number of carboxylic acids is 1. The molecule has 0 bridgehead atoms. The molecule has 0 saturated heterocycles. The van der Waals surface area contributed by atoms with Gasteiger partial charge in [0.2, 0.25) is 10.0 Å². The zero-order chi connectivity index (χ0) is 15.6. The van der Waals surface area contributed by atoms with E-state index in [2.05, 4.69) is 4.72 Å². The third-order valence-corrected chi connectivity index (χ3v) is 4.95. The van der Waals surface area contributed by atoms with Gasteiger partial charge >= 0.3 is 5.97 Å². The van der Waals surface area contributed by atoms with Crippen LogP contribution in [0.3, 0.4) is 0 Å². The summed E-state index contributed by atoms with van der Waals surface area (Å²) in [5.74, 6) is -0.733. The average molecular weight is 315 g/mol. The first-order valence-electron chi connectivity index (χ1n) is 6.41. The van der Waals surface area contributed by atoms with Gasteiger partial charge in [-0.3, -0.25) is 4.79 Å². The molecule has 0 aromatic heterocycles. The zero-order valence-electron chi connectivity index (χ0n) is 11.4. The Morgan fingerprint density at radius 2 is 2.10 bits per heavy atom. The van der Waals surface area contributed by atoms with Crippen molar-refractivity contribution >= 4 is 16.0 Å². The minimum Gasteiger partial charge on any atom is -0.497 e. The Labute approximate surface area is 122 Å². The van der Waals surface area contributed by atoms with E-state index in [0.717, 1.165) is 0 Å². The number of benzene rings is 1. The second-order valence-corrected chi connectivity index (χ2v) is 6.67. The predicted molar refractivity (Wildman–Crippen MR) is 73.7 cm³/mol. The molecule has 0 spiro atoms. The van der Waals surface area contributed by atoms with Gasteiger partial charge in [0.15, 0.2) is 0 Å². The van der Waals surface area contributed by atoms with Crippen molar-refractivity contribution in [3.8, 4) is 5.75 Å². The molecule has 1 fully saturated rings. The summed E-state index contributed by atoms with van der Waals surface area (Å²) in [7, 11) is -2.41. The van der Waals surface area contributed by atoms with Gasteiger partial charge in [-0.25, -0.2) is 13.1 Å². The van der Waals surface area contributed by atoms with E-state index < -0.39 is 28.5 Å². The Bertz CT molecular complexity index is 636. The minimum atomic E-state index is -3.83. The van der Waals surface area contributed by atoms with Gasteiger partial charge in [0, 0.05) is 6.04 Å². The molecule has 1 aliphatic rings. The minimum absolute atomic E-state index is 0.0768. The van der Waals surface area contributed by atoms with Crippen molar-refractivity contribution in [1.82, 2.24) is 4.72 Å². The van der Waals surface area contributed by atoms with Crippen LogP contribution < -0.4 is 9.46 Å². The van der Waals surface area contributed by atoms with E-state index in [4.69, 9.17) is 9.84 Å². The van der Waals surface area contributed by atoms with Gasteiger partial charge in [-0.2, -0.15) is 0 Å². The maximum Gasteiger partial charge on any atom is 0.307 e. The lowest BCUT2D eigenvalue weighted by Gasteiger charge is -2.31.